The Morgan fingerprint density at radius 1 is 1.32 bits per heavy atom. The Morgan fingerprint density at radius 2 is 1.95 bits per heavy atom. The van der Waals surface area contributed by atoms with Gasteiger partial charge in [-0.25, -0.2) is 0 Å². The first-order valence-electron chi connectivity index (χ1n) is 7.05. The lowest BCUT2D eigenvalue weighted by Crippen LogP contribution is -2.38. The summed E-state index contributed by atoms with van der Waals surface area (Å²) in [5.74, 6) is 1.69. The first kappa shape index (κ1) is 15.0. The first-order chi connectivity index (χ1) is 9.19. The van der Waals surface area contributed by atoms with E-state index in [1.54, 1.807) is 0 Å². The summed E-state index contributed by atoms with van der Waals surface area (Å²) in [5, 5.41) is 4.52. The predicted octanol–water partition coefficient (Wildman–Crippen LogP) is 3.68. The van der Waals surface area contributed by atoms with Crippen molar-refractivity contribution in [2.45, 2.75) is 44.7 Å². The molecule has 4 heteroatoms. The van der Waals surface area contributed by atoms with Gasteiger partial charge in [-0.15, -0.1) is 0 Å². The fraction of sp³-hybridized carbons (Fsp3) is 0.600. The van der Waals surface area contributed by atoms with Crippen LogP contribution in [-0.4, -0.2) is 21.8 Å². The maximum Gasteiger partial charge on any atom is 0.0406 e. The lowest BCUT2D eigenvalue weighted by Gasteiger charge is -2.28. The highest BCUT2D eigenvalue weighted by Crippen LogP contribution is 2.23. The van der Waals surface area contributed by atoms with E-state index in [9.17, 15) is 4.21 Å². The van der Waals surface area contributed by atoms with Crippen molar-refractivity contribution < 1.29 is 4.21 Å². The van der Waals surface area contributed by atoms with Crippen molar-refractivity contribution in [1.29, 1.82) is 0 Å². The molecule has 0 radical (unpaired) electrons. The molecule has 1 aromatic rings. The molecule has 1 aliphatic heterocycles. The van der Waals surface area contributed by atoms with Crippen LogP contribution in [0.1, 0.15) is 44.2 Å². The van der Waals surface area contributed by atoms with E-state index in [0.717, 1.165) is 42.2 Å². The van der Waals surface area contributed by atoms with E-state index in [2.05, 4.69) is 24.4 Å². The molecule has 1 saturated heterocycles. The molecule has 0 saturated carbocycles. The van der Waals surface area contributed by atoms with Crippen molar-refractivity contribution in [2.75, 3.05) is 11.5 Å². The molecule has 1 N–H and O–H groups in total. The molecule has 19 heavy (non-hydrogen) atoms. The third-order valence-corrected chi connectivity index (χ3v) is 5.31. The topological polar surface area (TPSA) is 29.1 Å². The molecule has 0 amide bonds. The van der Waals surface area contributed by atoms with Crippen LogP contribution in [0.25, 0.3) is 0 Å². The van der Waals surface area contributed by atoms with Crippen molar-refractivity contribution in [2.24, 2.45) is 0 Å². The number of benzene rings is 1. The van der Waals surface area contributed by atoms with Gasteiger partial charge in [0.1, 0.15) is 0 Å². The van der Waals surface area contributed by atoms with Gasteiger partial charge in [-0.05, 0) is 37.0 Å². The Labute approximate surface area is 123 Å². The van der Waals surface area contributed by atoms with Gasteiger partial charge in [0.15, 0.2) is 0 Å². The summed E-state index contributed by atoms with van der Waals surface area (Å²) in [5.41, 5.74) is 1.30. The summed E-state index contributed by atoms with van der Waals surface area (Å²) < 4.78 is 11.4. The molecule has 1 atom stereocenters. The van der Waals surface area contributed by atoms with Crippen molar-refractivity contribution in [3.8, 4) is 0 Å². The Balaban J connectivity index is 1.99. The number of hydrogen-bond acceptors (Lipinski definition) is 2. The molecule has 1 heterocycles. The van der Waals surface area contributed by atoms with Gasteiger partial charge in [0, 0.05) is 39.4 Å². The van der Waals surface area contributed by atoms with E-state index >= 15 is 0 Å². The summed E-state index contributed by atoms with van der Waals surface area (Å²) in [7, 11) is -0.584. The number of halogens is 1. The van der Waals surface area contributed by atoms with Crippen molar-refractivity contribution in [3.05, 3.63) is 34.9 Å². The van der Waals surface area contributed by atoms with Crippen molar-refractivity contribution in [3.63, 3.8) is 0 Å². The highest BCUT2D eigenvalue weighted by molar-refractivity contribution is 7.85. The SMILES string of the molecule is CCCC(NC1CCS(=O)CC1)c1ccc(Cl)cc1. The third kappa shape index (κ3) is 4.59. The average Bonchev–Trinajstić information content (AvgIpc) is 2.42. The maximum absolute atomic E-state index is 11.4. The monoisotopic (exact) mass is 299 g/mol. The van der Waals surface area contributed by atoms with Crippen LogP contribution in [0, 0.1) is 0 Å². The van der Waals surface area contributed by atoms with Gasteiger partial charge in [-0.1, -0.05) is 37.1 Å². The Kier molecular flexibility index (Phi) is 5.86. The molecule has 1 aromatic carbocycles. The van der Waals surface area contributed by atoms with Crippen LogP contribution in [0.15, 0.2) is 24.3 Å². The minimum Gasteiger partial charge on any atom is -0.307 e. The molecule has 1 fully saturated rings. The quantitative estimate of drug-likeness (QED) is 0.898. The largest absolute Gasteiger partial charge is 0.307 e. The normalized spacial score (nSPS) is 25.2. The van der Waals surface area contributed by atoms with E-state index in [1.165, 1.54) is 5.56 Å². The summed E-state index contributed by atoms with van der Waals surface area (Å²) >= 11 is 5.95. The smallest absolute Gasteiger partial charge is 0.0406 e. The summed E-state index contributed by atoms with van der Waals surface area (Å²) in [6.07, 6.45) is 4.33. The standard InChI is InChI=1S/C15H22ClNOS/c1-2-3-15(12-4-6-13(16)7-5-12)17-14-8-10-19(18)11-9-14/h4-7,14-15,17H,2-3,8-11H2,1H3. The average molecular weight is 300 g/mol. The third-order valence-electron chi connectivity index (χ3n) is 3.67. The van der Waals surface area contributed by atoms with Gasteiger partial charge in [-0.3, -0.25) is 4.21 Å². The van der Waals surface area contributed by atoms with Gasteiger partial charge < -0.3 is 5.32 Å². The first-order valence-corrected chi connectivity index (χ1v) is 8.92. The van der Waals surface area contributed by atoms with Crippen LogP contribution >= 0.6 is 11.6 Å². The fourth-order valence-corrected chi connectivity index (χ4v) is 4.00. The van der Waals surface area contributed by atoms with E-state index < -0.39 is 10.8 Å². The highest BCUT2D eigenvalue weighted by Gasteiger charge is 2.21. The number of hydrogen-bond donors (Lipinski definition) is 1. The second-order valence-electron chi connectivity index (χ2n) is 5.18. The minimum absolute atomic E-state index is 0.388. The minimum atomic E-state index is -0.584. The van der Waals surface area contributed by atoms with Crippen LogP contribution in [-0.2, 0) is 10.8 Å². The second-order valence-corrected chi connectivity index (χ2v) is 7.31. The molecule has 2 rings (SSSR count). The van der Waals surface area contributed by atoms with Crippen LogP contribution in [0.4, 0.5) is 0 Å². The summed E-state index contributed by atoms with van der Waals surface area (Å²) in [6.45, 7) is 2.21. The van der Waals surface area contributed by atoms with Crippen LogP contribution in [0.3, 0.4) is 0 Å². The molecular formula is C15H22ClNOS. The van der Waals surface area contributed by atoms with Crippen LogP contribution in [0.5, 0.6) is 0 Å². The van der Waals surface area contributed by atoms with Gasteiger partial charge in [0.05, 0.1) is 0 Å². The molecule has 2 nitrogen and oxygen atoms in total. The molecule has 0 spiro atoms. The lowest BCUT2D eigenvalue weighted by molar-refractivity contribution is 0.392. The van der Waals surface area contributed by atoms with E-state index in [0.29, 0.717) is 12.1 Å². The fourth-order valence-electron chi connectivity index (χ4n) is 2.57. The van der Waals surface area contributed by atoms with Crippen molar-refractivity contribution in [1.82, 2.24) is 5.32 Å². The zero-order chi connectivity index (χ0) is 13.7. The van der Waals surface area contributed by atoms with Crippen LogP contribution in [0.2, 0.25) is 5.02 Å². The van der Waals surface area contributed by atoms with E-state index in [4.69, 9.17) is 11.6 Å². The van der Waals surface area contributed by atoms with Crippen LogP contribution < -0.4 is 5.32 Å². The zero-order valence-electron chi connectivity index (χ0n) is 11.4. The predicted molar refractivity (Wildman–Crippen MR) is 83.1 cm³/mol. The van der Waals surface area contributed by atoms with E-state index in [1.807, 2.05) is 12.1 Å². The van der Waals surface area contributed by atoms with Crippen molar-refractivity contribution >= 4 is 22.4 Å². The Bertz CT molecular complexity index is 411. The van der Waals surface area contributed by atoms with Gasteiger partial charge in [0.25, 0.3) is 0 Å². The Morgan fingerprint density at radius 3 is 2.53 bits per heavy atom. The molecule has 1 aliphatic rings. The number of rotatable bonds is 5. The zero-order valence-corrected chi connectivity index (χ0v) is 13.0. The maximum atomic E-state index is 11.4. The number of nitrogens with one attached hydrogen (secondary N) is 1. The van der Waals surface area contributed by atoms with Gasteiger partial charge >= 0.3 is 0 Å². The van der Waals surface area contributed by atoms with Gasteiger partial charge in [-0.2, -0.15) is 0 Å². The molecule has 106 valence electrons. The summed E-state index contributed by atoms with van der Waals surface area (Å²) in [6, 6.07) is 9.02. The van der Waals surface area contributed by atoms with E-state index in [-0.39, 0.29) is 0 Å². The molecule has 0 aromatic heterocycles. The molecular weight excluding hydrogens is 278 g/mol. The molecule has 0 bridgehead atoms. The summed E-state index contributed by atoms with van der Waals surface area (Å²) in [4.78, 5) is 0. The lowest BCUT2D eigenvalue weighted by atomic mass is 10.00. The molecule has 0 aliphatic carbocycles. The highest BCUT2D eigenvalue weighted by atomic mass is 35.5. The van der Waals surface area contributed by atoms with Gasteiger partial charge in [0.2, 0.25) is 0 Å². The second kappa shape index (κ2) is 7.41. The Hall–Kier alpha value is -0.380. The molecule has 1 unspecified atom stereocenters.